The van der Waals surface area contributed by atoms with Crippen LogP contribution in [0.2, 0.25) is 0 Å². The van der Waals surface area contributed by atoms with Crippen LogP contribution in [0.1, 0.15) is 54.9 Å². The van der Waals surface area contributed by atoms with Gasteiger partial charge in [-0.15, -0.1) is 0 Å². The van der Waals surface area contributed by atoms with E-state index in [-0.39, 0.29) is 0 Å². The number of carboxylic acids is 1. The van der Waals surface area contributed by atoms with E-state index < -0.39 is 5.97 Å². The van der Waals surface area contributed by atoms with Crippen LogP contribution in [-0.2, 0) is 6.42 Å². The summed E-state index contributed by atoms with van der Waals surface area (Å²) in [6.07, 6.45) is 7.83. The Labute approximate surface area is 109 Å². The minimum atomic E-state index is -0.845. The third-order valence-electron chi connectivity index (χ3n) is 4.18. The first kappa shape index (κ1) is 13.1. The zero-order valence-electron chi connectivity index (χ0n) is 11.1. The molecule has 98 valence electrons. The topological polar surface area (TPSA) is 37.3 Å². The van der Waals surface area contributed by atoms with Gasteiger partial charge in [-0.2, -0.15) is 0 Å². The van der Waals surface area contributed by atoms with Crippen molar-refractivity contribution in [3.8, 4) is 0 Å². The summed E-state index contributed by atoms with van der Waals surface area (Å²) in [5, 5.41) is 8.83. The first-order valence-corrected chi connectivity index (χ1v) is 6.97. The number of carboxylic acid groups (broad SMARTS) is 1. The molecule has 1 aromatic carbocycles. The molecule has 2 nitrogen and oxygen atoms in total. The normalized spacial score (nSPS) is 23.8. The van der Waals surface area contributed by atoms with Crippen LogP contribution in [0.15, 0.2) is 24.3 Å². The average molecular weight is 246 g/mol. The summed E-state index contributed by atoms with van der Waals surface area (Å²) in [6, 6.07) is 7.32. The second kappa shape index (κ2) is 6.03. The van der Waals surface area contributed by atoms with E-state index in [0.29, 0.717) is 5.56 Å². The molecule has 18 heavy (non-hydrogen) atoms. The van der Waals surface area contributed by atoms with Crippen molar-refractivity contribution < 1.29 is 9.90 Å². The predicted molar refractivity (Wildman–Crippen MR) is 72.8 cm³/mol. The molecule has 2 heteroatoms. The molecule has 0 aliphatic heterocycles. The molecule has 1 aliphatic carbocycles. The monoisotopic (exact) mass is 246 g/mol. The van der Waals surface area contributed by atoms with E-state index in [1.54, 1.807) is 12.1 Å². The Hall–Kier alpha value is -1.31. The second-order valence-corrected chi connectivity index (χ2v) is 5.67. The second-order valence-electron chi connectivity index (χ2n) is 5.67. The van der Waals surface area contributed by atoms with E-state index in [0.717, 1.165) is 18.3 Å². The summed E-state index contributed by atoms with van der Waals surface area (Å²) in [5.74, 6) is 0.944. The van der Waals surface area contributed by atoms with Gasteiger partial charge in [0.2, 0.25) is 0 Å². The first-order chi connectivity index (χ1) is 8.65. The van der Waals surface area contributed by atoms with E-state index in [4.69, 9.17) is 5.11 Å². The van der Waals surface area contributed by atoms with Crippen molar-refractivity contribution in [1.29, 1.82) is 0 Å². The Morgan fingerprint density at radius 2 is 1.78 bits per heavy atom. The van der Waals surface area contributed by atoms with Crippen molar-refractivity contribution in [2.24, 2.45) is 11.8 Å². The van der Waals surface area contributed by atoms with Crippen LogP contribution in [0, 0.1) is 11.8 Å². The Balaban J connectivity index is 1.81. The van der Waals surface area contributed by atoms with Crippen molar-refractivity contribution >= 4 is 5.97 Å². The summed E-state index contributed by atoms with van der Waals surface area (Å²) >= 11 is 0. The molecule has 1 saturated carbocycles. The van der Waals surface area contributed by atoms with Crippen LogP contribution in [0.3, 0.4) is 0 Å². The Morgan fingerprint density at radius 1 is 1.17 bits per heavy atom. The molecule has 1 aromatic rings. The smallest absolute Gasteiger partial charge is 0.335 e. The fourth-order valence-corrected chi connectivity index (χ4v) is 2.80. The number of hydrogen-bond acceptors (Lipinski definition) is 1. The van der Waals surface area contributed by atoms with Crippen LogP contribution in [0.4, 0.5) is 0 Å². The number of rotatable bonds is 4. The van der Waals surface area contributed by atoms with Crippen molar-refractivity contribution in [2.75, 3.05) is 0 Å². The summed E-state index contributed by atoms with van der Waals surface area (Å²) in [6.45, 7) is 2.35. The molecule has 0 aromatic heterocycles. The van der Waals surface area contributed by atoms with Gasteiger partial charge in [0.25, 0.3) is 0 Å². The molecule has 1 fully saturated rings. The molecule has 2 rings (SSSR count). The third-order valence-corrected chi connectivity index (χ3v) is 4.18. The summed E-state index contributed by atoms with van der Waals surface area (Å²) in [5.41, 5.74) is 1.64. The van der Waals surface area contributed by atoms with Gasteiger partial charge in [-0.3, -0.25) is 0 Å². The van der Waals surface area contributed by atoms with Crippen molar-refractivity contribution in [1.82, 2.24) is 0 Å². The van der Waals surface area contributed by atoms with Crippen molar-refractivity contribution in [3.05, 3.63) is 35.4 Å². The molecule has 0 spiro atoms. The maximum atomic E-state index is 10.7. The molecule has 0 bridgehead atoms. The SMILES string of the molecule is CC1CCC(CCc2ccc(C(=O)O)cc2)CC1. The Bertz CT molecular complexity index is 386. The van der Waals surface area contributed by atoms with E-state index in [1.807, 2.05) is 12.1 Å². The highest BCUT2D eigenvalue weighted by Gasteiger charge is 2.17. The first-order valence-electron chi connectivity index (χ1n) is 6.97. The maximum absolute atomic E-state index is 10.7. The summed E-state index contributed by atoms with van der Waals surface area (Å²) in [4.78, 5) is 10.7. The third kappa shape index (κ3) is 3.59. The lowest BCUT2D eigenvalue weighted by molar-refractivity contribution is 0.0697. The Kier molecular flexibility index (Phi) is 4.40. The van der Waals surface area contributed by atoms with Crippen molar-refractivity contribution in [2.45, 2.75) is 45.4 Å². The van der Waals surface area contributed by atoms with E-state index in [2.05, 4.69) is 6.92 Å². The van der Waals surface area contributed by atoms with Gasteiger partial charge in [-0.05, 0) is 42.4 Å². The molecule has 1 N–H and O–H groups in total. The lowest BCUT2D eigenvalue weighted by Crippen LogP contribution is -2.12. The van der Waals surface area contributed by atoms with Crippen molar-refractivity contribution in [3.63, 3.8) is 0 Å². The van der Waals surface area contributed by atoms with Gasteiger partial charge in [0, 0.05) is 0 Å². The summed E-state index contributed by atoms with van der Waals surface area (Å²) < 4.78 is 0. The van der Waals surface area contributed by atoms with Crippen LogP contribution in [-0.4, -0.2) is 11.1 Å². The molecular formula is C16H22O2. The minimum absolute atomic E-state index is 0.380. The van der Waals surface area contributed by atoms with Gasteiger partial charge in [0.15, 0.2) is 0 Å². The quantitative estimate of drug-likeness (QED) is 0.866. The lowest BCUT2D eigenvalue weighted by atomic mass is 9.80. The van der Waals surface area contributed by atoms with Crippen LogP contribution < -0.4 is 0 Å². The van der Waals surface area contributed by atoms with Gasteiger partial charge < -0.3 is 5.11 Å². The molecule has 0 heterocycles. The van der Waals surface area contributed by atoms with Crippen LogP contribution in [0.5, 0.6) is 0 Å². The van der Waals surface area contributed by atoms with Gasteiger partial charge in [-0.1, -0.05) is 44.7 Å². The molecule has 1 aliphatic rings. The van der Waals surface area contributed by atoms with Crippen LogP contribution in [0.25, 0.3) is 0 Å². The minimum Gasteiger partial charge on any atom is -0.478 e. The van der Waals surface area contributed by atoms with Gasteiger partial charge in [0.1, 0.15) is 0 Å². The highest BCUT2D eigenvalue weighted by Crippen LogP contribution is 2.31. The molecule has 0 unspecified atom stereocenters. The van der Waals surface area contributed by atoms with E-state index in [9.17, 15) is 4.79 Å². The summed E-state index contributed by atoms with van der Waals surface area (Å²) in [7, 11) is 0. The highest BCUT2D eigenvalue weighted by molar-refractivity contribution is 5.87. The molecule has 0 atom stereocenters. The number of carbonyl (C=O) groups is 1. The zero-order valence-corrected chi connectivity index (χ0v) is 11.1. The number of aromatic carboxylic acids is 1. The Morgan fingerprint density at radius 3 is 2.33 bits per heavy atom. The number of hydrogen-bond donors (Lipinski definition) is 1. The molecule has 0 saturated heterocycles. The fraction of sp³-hybridized carbons (Fsp3) is 0.562. The standard InChI is InChI=1S/C16H22O2/c1-12-2-4-13(5-3-12)6-7-14-8-10-15(11-9-14)16(17)18/h8-13H,2-7H2,1H3,(H,17,18). The fourth-order valence-electron chi connectivity index (χ4n) is 2.80. The largest absolute Gasteiger partial charge is 0.478 e. The number of aryl methyl sites for hydroxylation is 1. The van der Waals surface area contributed by atoms with E-state index in [1.165, 1.54) is 37.7 Å². The van der Waals surface area contributed by atoms with E-state index >= 15 is 0 Å². The average Bonchev–Trinajstić information content (AvgIpc) is 2.38. The van der Waals surface area contributed by atoms with Crippen LogP contribution >= 0.6 is 0 Å². The maximum Gasteiger partial charge on any atom is 0.335 e. The zero-order chi connectivity index (χ0) is 13.0. The predicted octanol–water partition coefficient (Wildman–Crippen LogP) is 4.14. The van der Waals surface area contributed by atoms with Gasteiger partial charge >= 0.3 is 5.97 Å². The van der Waals surface area contributed by atoms with Gasteiger partial charge in [-0.25, -0.2) is 4.79 Å². The van der Waals surface area contributed by atoms with Gasteiger partial charge in [0.05, 0.1) is 5.56 Å². The number of benzene rings is 1. The molecule has 0 amide bonds. The lowest BCUT2D eigenvalue weighted by Gasteiger charge is -2.26. The molecular weight excluding hydrogens is 224 g/mol. The molecule has 0 radical (unpaired) electrons. The highest BCUT2D eigenvalue weighted by atomic mass is 16.4.